The zero-order valence-corrected chi connectivity index (χ0v) is 16.1. The molecule has 2 aliphatic heterocycles. The molecule has 138 valence electrons. The highest BCUT2D eigenvalue weighted by Gasteiger charge is 2.78. The molecule has 0 N–H and O–H groups in total. The number of fused-ring (bicyclic) bond motifs is 1. The molecule has 6 atom stereocenters. The molecule has 0 aromatic rings. The molecular formula is C21H30O4. The summed E-state index contributed by atoms with van der Waals surface area (Å²) in [6, 6.07) is 0. The first kappa shape index (κ1) is 17.3. The number of ether oxygens (including phenoxy) is 2. The minimum Gasteiger partial charge on any atom is -0.466 e. The fourth-order valence-corrected chi connectivity index (χ4v) is 6.61. The quantitative estimate of drug-likeness (QED) is 0.716. The van der Waals surface area contributed by atoms with Crippen LogP contribution in [0.2, 0.25) is 0 Å². The van der Waals surface area contributed by atoms with E-state index in [1.54, 1.807) is 0 Å². The molecule has 4 rings (SSSR count). The first-order valence-corrected chi connectivity index (χ1v) is 9.78. The maximum absolute atomic E-state index is 13.7. The second-order valence-electron chi connectivity index (χ2n) is 9.40. The summed E-state index contributed by atoms with van der Waals surface area (Å²) in [5, 5.41) is 0. The highest BCUT2D eigenvalue weighted by Crippen LogP contribution is 2.71. The molecule has 2 spiro atoms. The van der Waals surface area contributed by atoms with Gasteiger partial charge in [-0.05, 0) is 43.6 Å². The lowest BCUT2D eigenvalue weighted by Gasteiger charge is -2.52. The third-order valence-corrected chi connectivity index (χ3v) is 7.76. The Labute approximate surface area is 150 Å². The Morgan fingerprint density at radius 1 is 1.32 bits per heavy atom. The molecule has 0 radical (unpaired) electrons. The average molecular weight is 346 g/mol. The van der Waals surface area contributed by atoms with Crippen molar-refractivity contribution in [2.75, 3.05) is 7.11 Å². The lowest BCUT2D eigenvalue weighted by atomic mass is 9.47. The van der Waals surface area contributed by atoms with E-state index in [0.717, 1.165) is 25.7 Å². The number of methoxy groups -OCH3 is 1. The molecule has 4 aliphatic rings. The van der Waals surface area contributed by atoms with E-state index in [1.807, 2.05) is 6.08 Å². The van der Waals surface area contributed by atoms with Gasteiger partial charge < -0.3 is 9.47 Å². The number of rotatable bonds is 2. The summed E-state index contributed by atoms with van der Waals surface area (Å²) in [5.41, 5.74) is -1.37. The fraction of sp³-hybridized carbons (Fsp3) is 0.810. The van der Waals surface area contributed by atoms with Crippen LogP contribution in [0.4, 0.5) is 0 Å². The van der Waals surface area contributed by atoms with E-state index in [0.29, 0.717) is 17.4 Å². The molecule has 25 heavy (non-hydrogen) atoms. The summed E-state index contributed by atoms with van der Waals surface area (Å²) < 4.78 is 11.8. The number of ketones is 1. The molecule has 3 fully saturated rings. The maximum Gasteiger partial charge on any atom is 0.336 e. The van der Waals surface area contributed by atoms with Gasteiger partial charge in [0.25, 0.3) is 0 Å². The number of hydrogen-bond acceptors (Lipinski definition) is 4. The molecule has 2 heterocycles. The van der Waals surface area contributed by atoms with Gasteiger partial charge in [-0.15, -0.1) is 0 Å². The average Bonchev–Trinajstić information content (AvgIpc) is 2.99. The minimum atomic E-state index is -1.10. The van der Waals surface area contributed by atoms with Crippen LogP contribution in [0.15, 0.2) is 11.6 Å². The first-order valence-electron chi connectivity index (χ1n) is 9.78. The Balaban J connectivity index is 1.91. The van der Waals surface area contributed by atoms with Crippen molar-refractivity contribution in [3.8, 4) is 0 Å². The van der Waals surface area contributed by atoms with Crippen LogP contribution in [0.25, 0.3) is 0 Å². The SMILES string of the molecule is COC(=O)C1=C[C@]23C[C@@H](C)CCC2[C@@]2(C)CC[C@@H](C(C)C)C(=O)[C@]12O3. The largest absolute Gasteiger partial charge is 0.466 e. The van der Waals surface area contributed by atoms with Gasteiger partial charge in [0.05, 0.1) is 18.3 Å². The second-order valence-corrected chi connectivity index (χ2v) is 9.40. The zero-order valence-electron chi connectivity index (χ0n) is 16.1. The smallest absolute Gasteiger partial charge is 0.336 e. The molecule has 2 bridgehead atoms. The van der Waals surface area contributed by atoms with E-state index in [4.69, 9.17) is 9.47 Å². The van der Waals surface area contributed by atoms with Crippen molar-refractivity contribution < 1.29 is 19.1 Å². The number of carbonyl (C=O) groups excluding carboxylic acids is 2. The third kappa shape index (κ3) is 1.87. The first-order chi connectivity index (χ1) is 11.7. The summed E-state index contributed by atoms with van der Waals surface area (Å²) in [4.78, 5) is 26.4. The molecule has 1 unspecified atom stereocenters. The number of Topliss-reactive ketones (excluding diaryl/α,β-unsaturated/α-hetero) is 1. The highest BCUT2D eigenvalue weighted by molar-refractivity contribution is 6.07. The Bertz CT molecular complexity index is 665. The van der Waals surface area contributed by atoms with Crippen molar-refractivity contribution in [3.63, 3.8) is 0 Å². The van der Waals surface area contributed by atoms with Gasteiger partial charge in [0, 0.05) is 17.3 Å². The van der Waals surface area contributed by atoms with E-state index < -0.39 is 17.2 Å². The monoisotopic (exact) mass is 346 g/mol. The summed E-state index contributed by atoms with van der Waals surface area (Å²) in [5.74, 6) is 0.799. The Morgan fingerprint density at radius 3 is 2.68 bits per heavy atom. The summed E-state index contributed by atoms with van der Waals surface area (Å²) in [7, 11) is 1.40. The van der Waals surface area contributed by atoms with E-state index in [9.17, 15) is 9.59 Å². The number of carbonyl (C=O) groups is 2. The molecule has 0 amide bonds. The Morgan fingerprint density at radius 2 is 2.04 bits per heavy atom. The van der Waals surface area contributed by atoms with Crippen LogP contribution >= 0.6 is 0 Å². The van der Waals surface area contributed by atoms with Crippen molar-refractivity contribution in [2.45, 2.75) is 71.0 Å². The molecule has 4 heteroatoms. The minimum absolute atomic E-state index is 0.0474. The molecule has 0 aromatic carbocycles. The second kappa shape index (κ2) is 5.18. The third-order valence-electron chi connectivity index (χ3n) is 7.76. The van der Waals surface area contributed by atoms with Gasteiger partial charge in [-0.1, -0.05) is 34.1 Å². The standard InChI is InChI=1S/C21H30O4/c1-12(2)14-8-9-19(4)16-7-6-13(3)10-20(16)11-15(18(23)24-5)21(19,25-20)17(14)22/h11-14,16H,6-10H2,1-5H3/t13-,14-,16?,19+,20+,21+/m0/s1. The van der Waals surface area contributed by atoms with Gasteiger partial charge in [-0.25, -0.2) is 4.79 Å². The van der Waals surface area contributed by atoms with Crippen LogP contribution in [0.5, 0.6) is 0 Å². The van der Waals surface area contributed by atoms with E-state index >= 15 is 0 Å². The number of hydrogen-bond donors (Lipinski definition) is 0. The van der Waals surface area contributed by atoms with Crippen LogP contribution in [0.1, 0.15) is 59.8 Å². The normalized spacial score (nSPS) is 48.2. The molecule has 4 nitrogen and oxygen atoms in total. The van der Waals surface area contributed by atoms with Crippen molar-refractivity contribution in [3.05, 3.63) is 11.6 Å². The maximum atomic E-state index is 13.7. The predicted octanol–water partition coefficient (Wildman–Crippen LogP) is 3.68. The topological polar surface area (TPSA) is 52.6 Å². The van der Waals surface area contributed by atoms with Crippen molar-refractivity contribution >= 4 is 11.8 Å². The van der Waals surface area contributed by atoms with Crippen LogP contribution in [0.3, 0.4) is 0 Å². The van der Waals surface area contributed by atoms with Gasteiger partial charge in [0.15, 0.2) is 11.4 Å². The van der Waals surface area contributed by atoms with Gasteiger partial charge in [-0.3, -0.25) is 4.79 Å². The molecular weight excluding hydrogens is 316 g/mol. The van der Waals surface area contributed by atoms with Gasteiger partial charge in [0.1, 0.15) is 0 Å². The summed E-state index contributed by atoms with van der Waals surface area (Å²) >= 11 is 0. The predicted molar refractivity (Wildman–Crippen MR) is 93.8 cm³/mol. The molecule has 2 aliphatic carbocycles. The summed E-state index contributed by atoms with van der Waals surface area (Å²) in [6.45, 7) is 8.63. The molecule has 2 saturated carbocycles. The lowest BCUT2D eigenvalue weighted by molar-refractivity contribution is -0.164. The van der Waals surface area contributed by atoms with Gasteiger partial charge in [0.2, 0.25) is 0 Å². The van der Waals surface area contributed by atoms with Gasteiger partial charge >= 0.3 is 5.97 Å². The Hall–Kier alpha value is -1.16. The van der Waals surface area contributed by atoms with E-state index in [2.05, 4.69) is 27.7 Å². The van der Waals surface area contributed by atoms with E-state index in [-0.39, 0.29) is 23.0 Å². The zero-order chi connectivity index (χ0) is 18.2. The van der Waals surface area contributed by atoms with Crippen molar-refractivity contribution in [1.29, 1.82) is 0 Å². The number of esters is 1. The molecule has 1 saturated heterocycles. The highest BCUT2D eigenvalue weighted by atomic mass is 16.6. The van der Waals surface area contributed by atoms with E-state index in [1.165, 1.54) is 13.5 Å². The van der Waals surface area contributed by atoms with Gasteiger partial charge in [-0.2, -0.15) is 0 Å². The molecule has 0 aromatic heterocycles. The van der Waals surface area contributed by atoms with Crippen LogP contribution < -0.4 is 0 Å². The van der Waals surface area contributed by atoms with Crippen LogP contribution in [-0.4, -0.2) is 30.1 Å². The van der Waals surface area contributed by atoms with Crippen LogP contribution in [0, 0.1) is 29.1 Å². The fourth-order valence-electron chi connectivity index (χ4n) is 6.61. The van der Waals surface area contributed by atoms with Crippen LogP contribution in [-0.2, 0) is 19.1 Å². The lowest BCUT2D eigenvalue weighted by Crippen LogP contribution is -2.61. The Kier molecular flexibility index (Phi) is 3.58. The van der Waals surface area contributed by atoms with Crippen molar-refractivity contribution in [2.24, 2.45) is 29.1 Å². The summed E-state index contributed by atoms with van der Waals surface area (Å²) in [6.07, 6.45) is 6.97. The van der Waals surface area contributed by atoms with Crippen molar-refractivity contribution in [1.82, 2.24) is 0 Å².